The number of alkyl halides is 3. The number of carbonyl (C=O) groups is 1. The zero-order valence-electron chi connectivity index (χ0n) is 10.3. The summed E-state index contributed by atoms with van der Waals surface area (Å²) < 4.78 is 36.7. The van der Waals surface area contributed by atoms with E-state index in [1.165, 1.54) is 25.5 Å². The summed E-state index contributed by atoms with van der Waals surface area (Å²) in [5, 5.41) is 0. The Hall–Kier alpha value is -1.32. The van der Waals surface area contributed by atoms with Crippen molar-refractivity contribution in [1.29, 1.82) is 0 Å². The first-order valence-electron chi connectivity index (χ1n) is 5.46. The Morgan fingerprint density at radius 2 is 1.76 bits per heavy atom. The summed E-state index contributed by atoms with van der Waals surface area (Å²) >= 11 is 0. The van der Waals surface area contributed by atoms with Crippen molar-refractivity contribution in [3.8, 4) is 0 Å². The summed E-state index contributed by atoms with van der Waals surface area (Å²) in [4.78, 5) is 10.7. The molecule has 0 N–H and O–H groups in total. The minimum Gasteiger partial charge on any atom is -0.300 e. The van der Waals surface area contributed by atoms with Gasteiger partial charge in [-0.25, -0.2) is 0 Å². The van der Waals surface area contributed by atoms with Crippen LogP contribution in [0.1, 0.15) is 38.3 Å². The zero-order chi connectivity index (χ0) is 13.5. The van der Waals surface area contributed by atoms with Crippen molar-refractivity contribution in [2.75, 3.05) is 0 Å². The highest BCUT2D eigenvalue weighted by Crippen LogP contribution is 2.29. The van der Waals surface area contributed by atoms with Crippen LogP contribution in [0.25, 0.3) is 0 Å². The largest absolute Gasteiger partial charge is 0.416 e. The Balaban J connectivity index is 0.000000770. The van der Waals surface area contributed by atoms with E-state index < -0.39 is 11.7 Å². The number of carbonyl (C=O) groups excluding carboxylic acids is 1. The second kappa shape index (κ2) is 7.09. The molecule has 0 saturated carbocycles. The quantitative estimate of drug-likeness (QED) is 0.762. The van der Waals surface area contributed by atoms with Gasteiger partial charge in [-0.2, -0.15) is 13.2 Å². The average molecular weight is 246 g/mol. The molecule has 0 unspecified atom stereocenters. The van der Waals surface area contributed by atoms with E-state index in [1.54, 1.807) is 0 Å². The number of benzene rings is 1. The second-order valence-electron chi connectivity index (χ2n) is 3.78. The van der Waals surface area contributed by atoms with Crippen molar-refractivity contribution in [1.82, 2.24) is 0 Å². The minimum absolute atomic E-state index is 0.0456. The van der Waals surface area contributed by atoms with Crippen molar-refractivity contribution in [2.24, 2.45) is 0 Å². The fourth-order valence-electron chi connectivity index (χ4n) is 1.15. The van der Waals surface area contributed by atoms with E-state index in [-0.39, 0.29) is 12.2 Å². The monoisotopic (exact) mass is 246 g/mol. The van der Waals surface area contributed by atoms with E-state index in [1.807, 2.05) is 0 Å². The molecule has 0 bridgehead atoms. The van der Waals surface area contributed by atoms with Crippen LogP contribution in [0.2, 0.25) is 0 Å². The normalized spacial score (nSPS) is 10.5. The van der Waals surface area contributed by atoms with Crippen LogP contribution in [0, 0.1) is 0 Å². The molecular formula is C13H17F3O. The van der Waals surface area contributed by atoms with E-state index in [0.717, 1.165) is 12.1 Å². The van der Waals surface area contributed by atoms with E-state index in [4.69, 9.17) is 0 Å². The lowest BCUT2D eigenvalue weighted by Crippen LogP contribution is -2.06. The lowest BCUT2D eigenvalue weighted by atomic mass is 10.1. The van der Waals surface area contributed by atoms with Gasteiger partial charge in [0.05, 0.1) is 5.56 Å². The number of hydrogen-bond donors (Lipinski definition) is 0. The molecule has 0 aliphatic carbocycles. The molecule has 0 saturated heterocycles. The highest BCUT2D eigenvalue weighted by atomic mass is 19.4. The summed E-state index contributed by atoms with van der Waals surface area (Å²) in [5.74, 6) is -0.149. The maximum absolute atomic E-state index is 12.2. The molecule has 1 rings (SSSR count). The van der Waals surface area contributed by atoms with Crippen LogP contribution in [0.5, 0.6) is 0 Å². The van der Waals surface area contributed by atoms with E-state index in [0.29, 0.717) is 5.56 Å². The maximum Gasteiger partial charge on any atom is 0.416 e. The van der Waals surface area contributed by atoms with Gasteiger partial charge in [0.1, 0.15) is 5.78 Å². The van der Waals surface area contributed by atoms with E-state index >= 15 is 0 Å². The minimum atomic E-state index is -4.34. The smallest absolute Gasteiger partial charge is 0.300 e. The molecule has 0 atom stereocenters. The molecule has 0 aliphatic rings. The molecular weight excluding hydrogens is 229 g/mol. The predicted octanol–water partition coefficient (Wildman–Crippen LogP) is 4.25. The fourth-order valence-corrected chi connectivity index (χ4v) is 1.15. The molecule has 4 heteroatoms. The predicted molar refractivity (Wildman–Crippen MR) is 61.8 cm³/mol. The van der Waals surface area contributed by atoms with Crippen LogP contribution in [-0.4, -0.2) is 5.78 Å². The standard InChI is InChI=1S/C10H9F3O.C3H8/c1-7(14)5-8-3-2-4-9(6-8)10(11,12)13;1-3-2/h2-4,6H,5H2,1H3;3H2,1-2H3. The van der Waals surface area contributed by atoms with Crippen LogP contribution < -0.4 is 0 Å². The maximum atomic E-state index is 12.2. The van der Waals surface area contributed by atoms with E-state index in [9.17, 15) is 18.0 Å². The number of hydrogen-bond acceptors (Lipinski definition) is 1. The number of ketones is 1. The first-order chi connectivity index (χ1) is 7.81. The van der Waals surface area contributed by atoms with Gasteiger partial charge in [0.15, 0.2) is 0 Å². The Morgan fingerprint density at radius 1 is 1.24 bits per heavy atom. The summed E-state index contributed by atoms with van der Waals surface area (Å²) in [5.41, 5.74) is -0.316. The second-order valence-corrected chi connectivity index (χ2v) is 3.78. The third-order valence-electron chi connectivity index (χ3n) is 1.71. The van der Waals surface area contributed by atoms with Crippen molar-refractivity contribution in [2.45, 2.75) is 39.8 Å². The lowest BCUT2D eigenvalue weighted by Gasteiger charge is -2.07. The number of halogens is 3. The summed E-state index contributed by atoms with van der Waals surface area (Å²) in [6, 6.07) is 4.81. The highest BCUT2D eigenvalue weighted by Gasteiger charge is 2.30. The van der Waals surface area contributed by atoms with Gasteiger partial charge in [-0.15, -0.1) is 0 Å². The fraction of sp³-hybridized carbons (Fsp3) is 0.462. The molecule has 0 fully saturated rings. The number of Topliss-reactive ketones (excluding diaryl/α,β-unsaturated/α-hetero) is 1. The van der Waals surface area contributed by atoms with Crippen LogP contribution in [0.4, 0.5) is 13.2 Å². The SMILES string of the molecule is CC(=O)Cc1cccc(C(F)(F)F)c1.CCC. The number of rotatable bonds is 2. The molecule has 1 aromatic carbocycles. The van der Waals surface area contributed by atoms with Crippen molar-refractivity contribution >= 4 is 5.78 Å². The Labute approximate surface area is 99.6 Å². The van der Waals surface area contributed by atoms with Gasteiger partial charge in [-0.05, 0) is 18.6 Å². The molecule has 0 radical (unpaired) electrons. The topological polar surface area (TPSA) is 17.1 Å². The molecule has 1 aromatic rings. The van der Waals surface area contributed by atoms with Gasteiger partial charge < -0.3 is 0 Å². The molecule has 0 heterocycles. The first-order valence-corrected chi connectivity index (χ1v) is 5.46. The Morgan fingerprint density at radius 3 is 2.18 bits per heavy atom. The van der Waals surface area contributed by atoms with Gasteiger partial charge in [0, 0.05) is 6.42 Å². The van der Waals surface area contributed by atoms with Crippen molar-refractivity contribution in [3.63, 3.8) is 0 Å². The van der Waals surface area contributed by atoms with Gasteiger partial charge in [-0.3, -0.25) is 4.79 Å². The Bertz CT molecular complexity index is 356. The molecule has 0 aliphatic heterocycles. The van der Waals surface area contributed by atoms with Crippen LogP contribution in [-0.2, 0) is 17.4 Å². The lowest BCUT2D eigenvalue weighted by molar-refractivity contribution is -0.137. The molecule has 17 heavy (non-hydrogen) atoms. The first kappa shape index (κ1) is 15.7. The van der Waals surface area contributed by atoms with Crippen molar-refractivity contribution in [3.05, 3.63) is 35.4 Å². The van der Waals surface area contributed by atoms with E-state index in [2.05, 4.69) is 13.8 Å². The molecule has 1 nitrogen and oxygen atoms in total. The molecule has 0 aromatic heterocycles. The van der Waals surface area contributed by atoms with Crippen LogP contribution in [0.15, 0.2) is 24.3 Å². The molecule has 96 valence electrons. The Kier molecular flexibility index (Phi) is 6.54. The zero-order valence-corrected chi connectivity index (χ0v) is 10.3. The summed E-state index contributed by atoms with van der Waals surface area (Å²) in [7, 11) is 0. The third-order valence-corrected chi connectivity index (χ3v) is 1.71. The summed E-state index contributed by atoms with van der Waals surface area (Å²) in [6.07, 6.45) is -3.04. The average Bonchev–Trinajstić information content (AvgIpc) is 2.17. The molecule has 0 amide bonds. The van der Waals surface area contributed by atoms with Gasteiger partial charge in [-0.1, -0.05) is 38.5 Å². The highest BCUT2D eigenvalue weighted by molar-refractivity contribution is 5.78. The van der Waals surface area contributed by atoms with Gasteiger partial charge in [0.25, 0.3) is 0 Å². The third kappa shape index (κ3) is 6.76. The van der Waals surface area contributed by atoms with Gasteiger partial charge in [0.2, 0.25) is 0 Å². The summed E-state index contributed by atoms with van der Waals surface area (Å²) in [6.45, 7) is 5.60. The van der Waals surface area contributed by atoms with Crippen LogP contribution in [0.3, 0.4) is 0 Å². The van der Waals surface area contributed by atoms with Gasteiger partial charge >= 0.3 is 6.18 Å². The van der Waals surface area contributed by atoms with Crippen LogP contribution >= 0.6 is 0 Å². The van der Waals surface area contributed by atoms with Crippen molar-refractivity contribution < 1.29 is 18.0 Å². The molecule has 0 spiro atoms.